The van der Waals surface area contributed by atoms with Gasteiger partial charge in [0.05, 0.1) is 12.5 Å². The van der Waals surface area contributed by atoms with Gasteiger partial charge in [-0.3, -0.25) is 4.79 Å². The van der Waals surface area contributed by atoms with Gasteiger partial charge in [0.2, 0.25) is 0 Å². The largest absolute Gasteiger partial charge is 0.463 e. The van der Waals surface area contributed by atoms with Gasteiger partial charge in [-0.05, 0) is 30.2 Å². The van der Waals surface area contributed by atoms with Gasteiger partial charge in [-0.2, -0.15) is 0 Å². The van der Waals surface area contributed by atoms with E-state index in [1.54, 1.807) is 19.1 Å². The Morgan fingerprint density at radius 1 is 1.26 bits per heavy atom. The maximum absolute atomic E-state index is 15.4. The van der Waals surface area contributed by atoms with Crippen LogP contribution in [0, 0.1) is 0 Å². The maximum atomic E-state index is 15.4. The first-order chi connectivity index (χ1) is 10.9. The molecule has 0 saturated heterocycles. The molecular weight excluding hydrogens is 295 g/mol. The number of carbonyl (C=O) groups excluding carboxylic acids is 2. The summed E-state index contributed by atoms with van der Waals surface area (Å²) in [5.41, 5.74) is -2.27. The van der Waals surface area contributed by atoms with E-state index >= 15 is 4.39 Å². The van der Waals surface area contributed by atoms with Crippen molar-refractivity contribution in [1.82, 2.24) is 0 Å². The van der Waals surface area contributed by atoms with E-state index in [9.17, 15) is 9.59 Å². The molecule has 0 aromatic heterocycles. The Morgan fingerprint density at radius 3 is 2.48 bits per heavy atom. The number of ether oxygens (including phenoxy) is 1. The highest BCUT2D eigenvalue weighted by molar-refractivity contribution is 6.07. The summed E-state index contributed by atoms with van der Waals surface area (Å²) in [6, 6.07) is 12.9. The van der Waals surface area contributed by atoms with Gasteiger partial charge >= 0.3 is 5.97 Å². The highest BCUT2D eigenvalue weighted by atomic mass is 19.1. The van der Waals surface area contributed by atoms with E-state index in [1.165, 1.54) is 6.08 Å². The molecule has 0 spiro atoms. The molecule has 4 heteroatoms. The highest BCUT2D eigenvalue weighted by Gasteiger charge is 2.51. The molecule has 0 radical (unpaired) electrons. The summed E-state index contributed by atoms with van der Waals surface area (Å²) in [5.74, 6) is -3.18. The third-order valence-corrected chi connectivity index (χ3v) is 3.88. The molecule has 0 aliphatic heterocycles. The van der Waals surface area contributed by atoms with E-state index in [1.807, 2.05) is 30.3 Å². The standard InChI is InChI=1S/C19H19FO3/c1-4-17(19(20,13(3)21)18(22)23-5-2)16-11-10-14-8-6-7-9-15(14)12-16/h4,6-12,17H,1,5H2,2-3H3. The van der Waals surface area contributed by atoms with Gasteiger partial charge in [-0.25, -0.2) is 9.18 Å². The SMILES string of the molecule is C=CC(c1ccc2ccccc2c1)C(F)(C(C)=O)C(=O)OCC. The maximum Gasteiger partial charge on any atom is 0.352 e. The lowest BCUT2D eigenvalue weighted by Crippen LogP contribution is -2.47. The van der Waals surface area contributed by atoms with E-state index in [0.717, 1.165) is 17.7 Å². The Bertz CT molecular complexity index is 753. The summed E-state index contributed by atoms with van der Waals surface area (Å²) in [4.78, 5) is 24.0. The number of Topliss-reactive ketones (excluding diaryl/α,β-unsaturated/α-hetero) is 1. The van der Waals surface area contributed by atoms with Gasteiger partial charge < -0.3 is 4.74 Å². The molecule has 2 rings (SSSR count). The summed E-state index contributed by atoms with van der Waals surface area (Å²) in [7, 11) is 0. The summed E-state index contributed by atoms with van der Waals surface area (Å²) < 4.78 is 20.1. The van der Waals surface area contributed by atoms with Gasteiger partial charge in [0.15, 0.2) is 5.78 Å². The number of esters is 1. The molecule has 0 bridgehead atoms. The lowest BCUT2D eigenvalue weighted by Gasteiger charge is -2.28. The molecule has 0 amide bonds. The van der Waals surface area contributed by atoms with E-state index in [2.05, 4.69) is 6.58 Å². The van der Waals surface area contributed by atoms with Crippen LogP contribution in [-0.2, 0) is 14.3 Å². The first-order valence-electron chi connectivity index (χ1n) is 7.43. The van der Waals surface area contributed by atoms with E-state index < -0.39 is 23.3 Å². The van der Waals surface area contributed by atoms with Crippen LogP contribution in [-0.4, -0.2) is 24.0 Å². The smallest absolute Gasteiger partial charge is 0.352 e. The second-order valence-corrected chi connectivity index (χ2v) is 5.31. The van der Waals surface area contributed by atoms with Crippen LogP contribution in [0.1, 0.15) is 25.3 Å². The second kappa shape index (κ2) is 6.73. The molecule has 0 saturated carbocycles. The second-order valence-electron chi connectivity index (χ2n) is 5.31. The summed E-state index contributed by atoms with van der Waals surface area (Å²) in [6.45, 7) is 6.22. The Balaban J connectivity index is 2.55. The van der Waals surface area contributed by atoms with Gasteiger partial charge in [0, 0.05) is 0 Å². The molecule has 0 aliphatic rings. The van der Waals surface area contributed by atoms with Crippen LogP contribution < -0.4 is 0 Å². The zero-order chi connectivity index (χ0) is 17.0. The van der Waals surface area contributed by atoms with Crippen LogP contribution in [0.3, 0.4) is 0 Å². The summed E-state index contributed by atoms with van der Waals surface area (Å²) in [5, 5.41) is 1.88. The third kappa shape index (κ3) is 3.02. The van der Waals surface area contributed by atoms with Crippen LogP contribution in [0.4, 0.5) is 4.39 Å². The van der Waals surface area contributed by atoms with Gasteiger partial charge in [-0.1, -0.05) is 48.5 Å². The summed E-state index contributed by atoms with van der Waals surface area (Å²) in [6.07, 6.45) is 1.28. The minimum absolute atomic E-state index is 0.000628. The molecule has 3 nitrogen and oxygen atoms in total. The molecule has 2 atom stereocenters. The average molecular weight is 314 g/mol. The van der Waals surface area contributed by atoms with Crippen LogP contribution in [0.25, 0.3) is 10.8 Å². The Hall–Kier alpha value is -2.49. The molecule has 0 heterocycles. The van der Waals surface area contributed by atoms with Crippen molar-refractivity contribution in [2.75, 3.05) is 6.61 Å². The van der Waals surface area contributed by atoms with Crippen molar-refractivity contribution in [1.29, 1.82) is 0 Å². The topological polar surface area (TPSA) is 43.4 Å². The predicted molar refractivity (Wildman–Crippen MR) is 88.0 cm³/mol. The van der Waals surface area contributed by atoms with Crippen molar-refractivity contribution < 1.29 is 18.7 Å². The zero-order valence-electron chi connectivity index (χ0n) is 13.2. The molecule has 2 unspecified atom stereocenters. The van der Waals surface area contributed by atoms with Crippen molar-refractivity contribution in [3.05, 3.63) is 60.7 Å². The molecule has 23 heavy (non-hydrogen) atoms. The van der Waals surface area contributed by atoms with E-state index in [-0.39, 0.29) is 6.61 Å². The van der Waals surface area contributed by atoms with Gasteiger partial charge in [0.25, 0.3) is 5.67 Å². The van der Waals surface area contributed by atoms with Crippen LogP contribution in [0.5, 0.6) is 0 Å². The minimum atomic E-state index is -2.78. The fraction of sp³-hybridized carbons (Fsp3) is 0.263. The zero-order valence-corrected chi connectivity index (χ0v) is 13.2. The Morgan fingerprint density at radius 2 is 1.91 bits per heavy atom. The number of fused-ring (bicyclic) bond motifs is 1. The number of hydrogen-bond donors (Lipinski definition) is 0. The van der Waals surface area contributed by atoms with Crippen molar-refractivity contribution >= 4 is 22.5 Å². The predicted octanol–water partition coefficient (Wildman–Crippen LogP) is 3.97. The van der Waals surface area contributed by atoms with E-state index in [0.29, 0.717) is 5.56 Å². The molecule has 2 aromatic carbocycles. The molecule has 0 N–H and O–H groups in total. The average Bonchev–Trinajstić information content (AvgIpc) is 2.55. The Kier molecular flexibility index (Phi) is 4.94. The van der Waals surface area contributed by atoms with Crippen LogP contribution in [0.15, 0.2) is 55.1 Å². The quantitative estimate of drug-likeness (QED) is 0.460. The van der Waals surface area contributed by atoms with E-state index in [4.69, 9.17) is 4.74 Å². The van der Waals surface area contributed by atoms with Crippen molar-refractivity contribution in [3.63, 3.8) is 0 Å². The number of rotatable bonds is 6. The Labute approximate surface area is 134 Å². The number of carbonyl (C=O) groups is 2. The highest BCUT2D eigenvalue weighted by Crippen LogP contribution is 2.36. The normalized spacial score (nSPS) is 14.7. The first-order valence-corrected chi connectivity index (χ1v) is 7.43. The summed E-state index contributed by atoms with van der Waals surface area (Å²) >= 11 is 0. The number of ketones is 1. The van der Waals surface area contributed by atoms with Gasteiger partial charge in [0.1, 0.15) is 0 Å². The number of benzene rings is 2. The van der Waals surface area contributed by atoms with Crippen molar-refractivity contribution in [3.8, 4) is 0 Å². The number of hydrogen-bond acceptors (Lipinski definition) is 3. The minimum Gasteiger partial charge on any atom is -0.463 e. The van der Waals surface area contributed by atoms with Crippen molar-refractivity contribution in [2.45, 2.75) is 25.4 Å². The molecular formula is C19H19FO3. The molecule has 0 aliphatic carbocycles. The lowest BCUT2D eigenvalue weighted by molar-refractivity contribution is -0.162. The fourth-order valence-electron chi connectivity index (χ4n) is 2.66. The van der Waals surface area contributed by atoms with Gasteiger partial charge in [-0.15, -0.1) is 6.58 Å². The fourth-order valence-corrected chi connectivity index (χ4v) is 2.66. The lowest BCUT2D eigenvalue weighted by atomic mass is 9.80. The molecule has 2 aromatic rings. The number of alkyl halides is 1. The first kappa shape index (κ1) is 16.9. The third-order valence-electron chi connectivity index (χ3n) is 3.88. The molecule has 0 fully saturated rings. The van der Waals surface area contributed by atoms with Crippen molar-refractivity contribution in [2.24, 2.45) is 0 Å². The monoisotopic (exact) mass is 314 g/mol. The van der Waals surface area contributed by atoms with Crippen LogP contribution in [0.2, 0.25) is 0 Å². The molecule has 120 valence electrons. The van der Waals surface area contributed by atoms with Crippen LogP contribution >= 0.6 is 0 Å². The number of allylic oxidation sites excluding steroid dienone is 1. The number of halogens is 1.